The zero-order valence-electron chi connectivity index (χ0n) is 17.6. The number of para-hydroxylation sites is 1. The van der Waals surface area contributed by atoms with Gasteiger partial charge in [-0.05, 0) is 30.9 Å². The molecule has 31 heavy (non-hydrogen) atoms. The van der Waals surface area contributed by atoms with Gasteiger partial charge in [-0.1, -0.05) is 55.0 Å². The molecule has 0 saturated heterocycles. The summed E-state index contributed by atoms with van der Waals surface area (Å²) in [6.45, 7) is 0.844. The van der Waals surface area contributed by atoms with E-state index in [1.54, 1.807) is 4.90 Å². The van der Waals surface area contributed by atoms with E-state index in [9.17, 15) is 9.59 Å². The molecule has 0 saturated carbocycles. The first kappa shape index (κ1) is 19.5. The number of fused-ring (bicyclic) bond motifs is 2. The normalized spacial score (nSPS) is 17.6. The van der Waals surface area contributed by atoms with Crippen molar-refractivity contribution >= 4 is 17.6 Å². The van der Waals surface area contributed by atoms with Gasteiger partial charge >= 0.3 is 5.97 Å². The molecular weight excluding hydrogens is 390 g/mol. The summed E-state index contributed by atoms with van der Waals surface area (Å²) in [6.07, 6.45) is 4.47. The second-order valence-corrected chi connectivity index (χ2v) is 8.11. The molecule has 6 nitrogen and oxygen atoms in total. The maximum absolute atomic E-state index is 13.9. The summed E-state index contributed by atoms with van der Waals surface area (Å²) >= 11 is 0. The van der Waals surface area contributed by atoms with Gasteiger partial charge in [-0.2, -0.15) is 0 Å². The van der Waals surface area contributed by atoms with E-state index in [-0.39, 0.29) is 5.91 Å². The highest BCUT2D eigenvalue weighted by atomic mass is 16.5. The fraction of sp³-hybridized carbons (Fsp3) is 0.320. The predicted octanol–water partition coefficient (Wildman–Crippen LogP) is 4.02. The van der Waals surface area contributed by atoms with E-state index in [2.05, 4.69) is 4.57 Å². The highest BCUT2D eigenvalue weighted by Gasteiger charge is 2.41. The number of amides is 1. The van der Waals surface area contributed by atoms with Crippen molar-refractivity contribution in [1.29, 1.82) is 0 Å². The lowest BCUT2D eigenvalue weighted by Gasteiger charge is -2.23. The minimum atomic E-state index is -0.668. The van der Waals surface area contributed by atoms with Crippen LogP contribution in [0.4, 0.5) is 5.69 Å². The van der Waals surface area contributed by atoms with Crippen molar-refractivity contribution in [3.8, 4) is 11.4 Å². The second-order valence-electron chi connectivity index (χ2n) is 8.11. The number of benzene rings is 2. The molecule has 0 radical (unpaired) electrons. The largest absolute Gasteiger partial charge is 0.467 e. The maximum Gasteiger partial charge on any atom is 0.329 e. The Morgan fingerprint density at radius 2 is 1.77 bits per heavy atom. The lowest BCUT2D eigenvalue weighted by molar-refractivity contribution is -0.141. The quantitative estimate of drug-likeness (QED) is 0.606. The first-order valence-corrected chi connectivity index (χ1v) is 10.8. The van der Waals surface area contributed by atoms with Gasteiger partial charge in [0.1, 0.15) is 11.9 Å². The highest BCUT2D eigenvalue weighted by Crippen LogP contribution is 2.35. The number of nitrogens with zero attached hydrogens (tertiary/aromatic N) is 3. The number of anilines is 1. The molecule has 1 unspecified atom stereocenters. The number of esters is 1. The van der Waals surface area contributed by atoms with Crippen LogP contribution in [0.15, 0.2) is 54.6 Å². The zero-order chi connectivity index (χ0) is 21.4. The number of carbonyl (C=O) groups excluding carboxylic acids is 2. The molecule has 2 aromatic carbocycles. The van der Waals surface area contributed by atoms with Crippen LogP contribution in [0.25, 0.3) is 11.4 Å². The fourth-order valence-electron chi connectivity index (χ4n) is 4.77. The smallest absolute Gasteiger partial charge is 0.329 e. The molecule has 6 heteroatoms. The van der Waals surface area contributed by atoms with Gasteiger partial charge in [0.2, 0.25) is 0 Å². The second kappa shape index (κ2) is 8.02. The van der Waals surface area contributed by atoms with Gasteiger partial charge in [0.25, 0.3) is 5.91 Å². The van der Waals surface area contributed by atoms with E-state index in [1.807, 2.05) is 54.6 Å². The third kappa shape index (κ3) is 3.32. The van der Waals surface area contributed by atoms with Crippen LogP contribution < -0.4 is 4.90 Å². The van der Waals surface area contributed by atoms with E-state index in [4.69, 9.17) is 9.72 Å². The highest BCUT2D eigenvalue weighted by molar-refractivity contribution is 6.11. The van der Waals surface area contributed by atoms with Gasteiger partial charge in [-0.3, -0.25) is 9.69 Å². The number of aromatic nitrogens is 2. The number of imidazole rings is 1. The van der Waals surface area contributed by atoms with E-state index >= 15 is 0 Å². The van der Waals surface area contributed by atoms with Crippen molar-refractivity contribution in [2.24, 2.45) is 0 Å². The monoisotopic (exact) mass is 415 g/mol. The van der Waals surface area contributed by atoms with Crippen molar-refractivity contribution in [3.63, 3.8) is 0 Å². The molecular formula is C25H25N3O3. The lowest BCUT2D eigenvalue weighted by Crippen LogP contribution is -2.44. The zero-order valence-corrected chi connectivity index (χ0v) is 17.6. The van der Waals surface area contributed by atoms with Crippen LogP contribution in [0, 0.1) is 0 Å². The lowest BCUT2D eigenvalue weighted by atomic mass is 10.1. The Morgan fingerprint density at radius 1 is 1.00 bits per heavy atom. The summed E-state index contributed by atoms with van der Waals surface area (Å²) in [5.74, 6) is 0.189. The van der Waals surface area contributed by atoms with Crippen molar-refractivity contribution in [3.05, 3.63) is 71.5 Å². The number of methoxy groups -OCH3 is 1. The molecule has 3 aromatic rings. The first-order chi connectivity index (χ1) is 15.2. The number of rotatable bonds is 3. The van der Waals surface area contributed by atoms with Crippen molar-refractivity contribution in [2.75, 3.05) is 12.0 Å². The summed E-state index contributed by atoms with van der Waals surface area (Å²) in [6, 6.07) is 17.0. The van der Waals surface area contributed by atoms with Gasteiger partial charge in [-0.25, -0.2) is 9.78 Å². The molecule has 5 rings (SSSR count). The number of hydrogen-bond donors (Lipinski definition) is 0. The number of carbonyl (C=O) groups is 2. The fourth-order valence-corrected chi connectivity index (χ4v) is 4.77. The molecule has 1 aromatic heterocycles. The van der Waals surface area contributed by atoms with Gasteiger partial charge in [0.05, 0.1) is 12.8 Å². The van der Waals surface area contributed by atoms with E-state index < -0.39 is 12.0 Å². The van der Waals surface area contributed by atoms with Crippen molar-refractivity contribution < 1.29 is 14.3 Å². The van der Waals surface area contributed by atoms with Crippen LogP contribution in [0.5, 0.6) is 0 Å². The van der Waals surface area contributed by atoms with Gasteiger partial charge in [0.15, 0.2) is 5.69 Å². The molecule has 0 spiro atoms. The molecule has 1 amide bonds. The SMILES string of the molecule is COC(=O)C1Cc2ccccc2N1C(=O)c1nc(-c2ccccc2)n2c1CCCCC2. The van der Waals surface area contributed by atoms with Crippen LogP contribution in [0.1, 0.15) is 41.0 Å². The van der Waals surface area contributed by atoms with Crippen molar-refractivity contribution in [1.82, 2.24) is 9.55 Å². The van der Waals surface area contributed by atoms with Crippen LogP contribution in [0.2, 0.25) is 0 Å². The average Bonchev–Trinajstić information content (AvgIpc) is 3.28. The molecule has 0 aliphatic carbocycles. The summed E-state index contributed by atoms with van der Waals surface area (Å²) < 4.78 is 7.23. The van der Waals surface area contributed by atoms with Crippen LogP contribution in [-0.4, -0.2) is 34.6 Å². The van der Waals surface area contributed by atoms with Crippen LogP contribution in [-0.2, 0) is 28.9 Å². The summed E-state index contributed by atoms with van der Waals surface area (Å²) in [7, 11) is 1.37. The Hall–Kier alpha value is -3.41. The van der Waals surface area contributed by atoms with E-state index in [0.29, 0.717) is 12.1 Å². The molecule has 2 aliphatic rings. The molecule has 158 valence electrons. The standard InChI is InChI=1S/C25H25N3O3/c1-31-25(30)21-16-18-12-7-8-13-19(18)28(21)24(29)22-20-14-6-3-9-15-27(20)23(26-22)17-10-4-2-5-11-17/h2,4-5,7-8,10-13,21H,3,6,9,14-16H2,1H3. The molecule has 0 fully saturated rings. The Bertz CT molecular complexity index is 1140. The molecule has 2 aliphatic heterocycles. The van der Waals surface area contributed by atoms with Gasteiger partial charge < -0.3 is 9.30 Å². The summed E-state index contributed by atoms with van der Waals surface area (Å²) in [5, 5.41) is 0. The Morgan fingerprint density at radius 3 is 2.58 bits per heavy atom. The minimum Gasteiger partial charge on any atom is -0.467 e. The summed E-state index contributed by atoms with van der Waals surface area (Å²) in [4.78, 5) is 32.9. The Balaban J connectivity index is 1.63. The predicted molar refractivity (Wildman–Crippen MR) is 118 cm³/mol. The topological polar surface area (TPSA) is 64.4 Å². The average molecular weight is 415 g/mol. The molecule has 3 heterocycles. The third-order valence-electron chi connectivity index (χ3n) is 6.27. The van der Waals surface area contributed by atoms with E-state index in [0.717, 1.165) is 60.6 Å². The maximum atomic E-state index is 13.9. The van der Waals surface area contributed by atoms with Gasteiger partial charge in [-0.15, -0.1) is 0 Å². The third-order valence-corrected chi connectivity index (χ3v) is 6.27. The van der Waals surface area contributed by atoms with Crippen molar-refractivity contribution in [2.45, 2.75) is 44.7 Å². The Kier molecular flexibility index (Phi) is 5.06. The minimum absolute atomic E-state index is 0.229. The molecule has 1 atom stereocenters. The number of ether oxygens (including phenoxy) is 1. The molecule has 0 bridgehead atoms. The molecule has 0 N–H and O–H groups in total. The van der Waals surface area contributed by atoms with E-state index in [1.165, 1.54) is 7.11 Å². The Labute approximate surface area is 181 Å². The van der Waals surface area contributed by atoms with Crippen LogP contribution in [0.3, 0.4) is 0 Å². The number of hydrogen-bond acceptors (Lipinski definition) is 4. The first-order valence-electron chi connectivity index (χ1n) is 10.8. The van der Waals surface area contributed by atoms with Gasteiger partial charge in [0, 0.05) is 24.2 Å². The van der Waals surface area contributed by atoms with Crippen LogP contribution >= 0.6 is 0 Å². The summed E-state index contributed by atoms with van der Waals surface area (Å²) in [5.41, 5.74) is 4.15.